The molecule has 5 heteroatoms. The van der Waals surface area contributed by atoms with E-state index < -0.39 is 0 Å². The first-order valence-corrected chi connectivity index (χ1v) is 6.64. The van der Waals surface area contributed by atoms with Crippen LogP contribution in [0.15, 0.2) is 18.2 Å². The van der Waals surface area contributed by atoms with Crippen LogP contribution in [-0.2, 0) is 4.79 Å². The highest BCUT2D eigenvalue weighted by Crippen LogP contribution is 2.22. The number of anilines is 1. The van der Waals surface area contributed by atoms with E-state index in [0.29, 0.717) is 23.4 Å². The summed E-state index contributed by atoms with van der Waals surface area (Å²) >= 11 is 5.99. The van der Waals surface area contributed by atoms with E-state index in [4.69, 9.17) is 11.6 Å². The van der Waals surface area contributed by atoms with Gasteiger partial charge in [0.2, 0.25) is 5.91 Å². The minimum absolute atomic E-state index is 0.0348. The van der Waals surface area contributed by atoms with Crippen LogP contribution in [0.3, 0.4) is 0 Å². The van der Waals surface area contributed by atoms with Gasteiger partial charge in [-0.25, -0.2) is 0 Å². The Bertz CT molecular complexity index is 461. The van der Waals surface area contributed by atoms with Gasteiger partial charge in [-0.05, 0) is 39.0 Å². The van der Waals surface area contributed by atoms with Crippen LogP contribution < -0.4 is 10.2 Å². The molecule has 0 aliphatic rings. The number of amides is 1. The number of carbonyl (C=O) groups is 2. The van der Waals surface area contributed by atoms with Crippen molar-refractivity contribution in [3.8, 4) is 0 Å². The molecular weight excluding hydrogens is 264 g/mol. The first-order valence-electron chi connectivity index (χ1n) is 6.27. The van der Waals surface area contributed by atoms with E-state index in [2.05, 4.69) is 5.32 Å². The third kappa shape index (κ3) is 4.56. The van der Waals surface area contributed by atoms with Gasteiger partial charge >= 0.3 is 0 Å². The number of aldehydes is 1. The molecule has 104 valence electrons. The van der Waals surface area contributed by atoms with Gasteiger partial charge in [-0.1, -0.05) is 11.6 Å². The highest BCUT2D eigenvalue weighted by atomic mass is 35.5. The normalized spacial score (nSPS) is 10.4. The zero-order valence-electron chi connectivity index (χ0n) is 11.4. The SMILES string of the molecule is CCN(CC(=O)NC(C)C)c1ccc(C=O)c(Cl)c1. The Kier molecular flexibility index (Phi) is 5.83. The number of hydrogen-bond acceptors (Lipinski definition) is 3. The number of benzene rings is 1. The lowest BCUT2D eigenvalue weighted by Gasteiger charge is -2.23. The molecule has 0 heterocycles. The fourth-order valence-electron chi connectivity index (χ4n) is 1.73. The first-order chi connectivity index (χ1) is 8.97. The molecule has 4 nitrogen and oxygen atoms in total. The molecule has 19 heavy (non-hydrogen) atoms. The molecule has 0 fully saturated rings. The minimum atomic E-state index is -0.0348. The number of nitrogens with zero attached hydrogens (tertiary/aromatic N) is 1. The first kappa shape index (κ1) is 15.5. The lowest BCUT2D eigenvalue weighted by atomic mass is 10.2. The van der Waals surface area contributed by atoms with Crippen molar-refractivity contribution < 1.29 is 9.59 Å². The Labute approximate surface area is 118 Å². The molecule has 0 aliphatic heterocycles. The summed E-state index contributed by atoms with van der Waals surface area (Å²) in [4.78, 5) is 24.4. The summed E-state index contributed by atoms with van der Waals surface area (Å²) in [6, 6.07) is 5.28. The second-order valence-electron chi connectivity index (χ2n) is 4.56. The molecule has 0 bridgehead atoms. The third-order valence-electron chi connectivity index (χ3n) is 2.64. The van der Waals surface area contributed by atoms with E-state index >= 15 is 0 Å². The monoisotopic (exact) mass is 282 g/mol. The van der Waals surface area contributed by atoms with E-state index in [9.17, 15) is 9.59 Å². The molecule has 0 atom stereocenters. The maximum absolute atomic E-state index is 11.8. The van der Waals surface area contributed by atoms with Crippen LogP contribution in [0.5, 0.6) is 0 Å². The number of rotatable bonds is 6. The second kappa shape index (κ2) is 7.14. The fraction of sp³-hybridized carbons (Fsp3) is 0.429. The van der Waals surface area contributed by atoms with Crippen LogP contribution >= 0.6 is 11.6 Å². The van der Waals surface area contributed by atoms with Gasteiger partial charge in [0, 0.05) is 23.8 Å². The predicted molar refractivity (Wildman–Crippen MR) is 78.0 cm³/mol. The molecular formula is C14H19ClN2O2. The lowest BCUT2D eigenvalue weighted by Crippen LogP contribution is -2.40. The molecule has 0 spiro atoms. The number of likely N-dealkylation sites (N-methyl/N-ethyl adjacent to an activating group) is 1. The van der Waals surface area contributed by atoms with Gasteiger partial charge < -0.3 is 10.2 Å². The topological polar surface area (TPSA) is 49.4 Å². The van der Waals surface area contributed by atoms with Crippen molar-refractivity contribution in [3.05, 3.63) is 28.8 Å². The van der Waals surface area contributed by atoms with Crippen molar-refractivity contribution in [3.63, 3.8) is 0 Å². The van der Waals surface area contributed by atoms with Gasteiger partial charge in [-0.3, -0.25) is 9.59 Å². The van der Waals surface area contributed by atoms with Gasteiger partial charge in [-0.15, -0.1) is 0 Å². The quantitative estimate of drug-likeness (QED) is 0.816. The Hall–Kier alpha value is -1.55. The number of nitrogens with one attached hydrogen (secondary N) is 1. The molecule has 0 aliphatic carbocycles. The van der Waals surface area contributed by atoms with Gasteiger partial charge in [-0.2, -0.15) is 0 Å². The van der Waals surface area contributed by atoms with E-state index in [0.717, 1.165) is 5.69 Å². The predicted octanol–water partition coefficient (Wildman–Crippen LogP) is 2.50. The zero-order chi connectivity index (χ0) is 14.4. The molecule has 0 radical (unpaired) electrons. The van der Waals surface area contributed by atoms with Crippen molar-refractivity contribution in [1.29, 1.82) is 0 Å². The summed E-state index contributed by atoms with van der Waals surface area (Å²) in [7, 11) is 0. The van der Waals surface area contributed by atoms with Crippen LogP contribution in [0, 0.1) is 0 Å². The second-order valence-corrected chi connectivity index (χ2v) is 4.97. The van der Waals surface area contributed by atoms with E-state index in [1.54, 1.807) is 18.2 Å². The average Bonchev–Trinajstić information content (AvgIpc) is 2.35. The standard InChI is InChI=1S/C14H19ClN2O2/c1-4-17(8-14(19)16-10(2)3)12-6-5-11(9-18)13(15)7-12/h5-7,9-10H,4,8H2,1-3H3,(H,16,19). The van der Waals surface area contributed by atoms with E-state index in [-0.39, 0.29) is 18.5 Å². The third-order valence-corrected chi connectivity index (χ3v) is 2.97. The molecule has 1 amide bonds. The molecule has 0 aromatic heterocycles. The van der Waals surface area contributed by atoms with Crippen molar-refractivity contribution in [2.45, 2.75) is 26.8 Å². The molecule has 1 aromatic rings. The Morgan fingerprint density at radius 2 is 2.16 bits per heavy atom. The lowest BCUT2D eigenvalue weighted by molar-refractivity contribution is -0.120. The summed E-state index contributed by atoms with van der Waals surface area (Å²) in [5, 5.41) is 3.24. The van der Waals surface area contributed by atoms with Gasteiger partial charge in [0.25, 0.3) is 0 Å². The Morgan fingerprint density at radius 1 is 1.47 bits per heavy atom. The van der Waals surface area contributed by atoms with E-state index in [1.807, 2.05) is 25.7 Å². The molecule has 1 aromatic carbocycles. The number of halogens is 1. The maximum atomic E-state index is 11.8. The molecule has 0 saturated carbocycles. The van der Waals surface area contributed by atoms with Crippen LogP contribution in [-0.4, -0.2) is 31.3 Å². The van der Waals surface area contributed by atoms with Crippen molar-refractivity contribution in [2.75, 3.05) is 18.0 Å². The smallest absolute Gasteiger partial charge is 0.239 e. The Morgan fingerprint density at radius 3 is 2.63 bits per heavy atom. The highest BCUT2D eigenvalue weighted by Gasteiger charge is 2.12. The molecule has 1 N–H and O–H groups in total. The highest BCUT2D eigenvalue weighted by molar-refractivity contribution is 6.33. The summed E-state index contributed by atoms with van der Waals surface area (Å²) in [6.07, 6.45) is 0.716. The Balaban J connectivity index is 2.82. The van der Waals surface area contributed by atoms with Crippen molar-refractivity contribution in [2.24, 2.45) is 0 Å². The van der Waals surface area contributed by atoms with Gasteiger partial charge in [0.05, 0.1) is 11.6 Å². The zero-order valence-corrected chi connectivity index (χ0v) is 12.2. The summed E-state index contributed by atoms with van der Waals surface area (Å²) in [6.45, 7) is 6.76. The van der Waals surface area contributed by atoms with Crippen molar-refractivity contribution >= 4 is 29.5 Å². The summed E-state index contributed by atoms with van der Waals surface area (Å²) in [5.74, 6) is -0.0348. The van der Waals surface area contributed by atoms with Crippen molar-refractivity contribution in [1.82, 2.24) is 5.32 Å². The number of hydrogen-bond donors (Lipinski definition) is 1. The largest absolute Gasteiger partial charge is 0.362 e. The van der Waals surface area contributed by atoms with Crippen LogP contribution in [0.25, 0.3) is 0 Å². The summed E-state index contributed by atoms with van der Waals surface area (Å²) in [5.41, 5.74) is 1.28. The van der Waals surface area contributed by atoms with Gasteiger partial charge in [0.1, 0.15) is 0 Å². The molecule has 0 saturated heterocycles. The van der Waals surface area contributed by atoms with E-state index in [1.165, 1.54) is 0 Å². The van der Waals surface area contributed by atoms with Crippen LogP contribution in [0.4, 0.5) is 5.69 Å². The average molecular weight is 283 g/mol. The van der Waals surface area contributed by atoms with Crippen LogP contribution in [0.1, 0.15) is 31.1 Å². The molecule has 0 unspecified atom stereocenters. The molecule has 1 rings (SSSR count). The summed E-state index contributed by atoms with van der Waals surface area (Å²) < 4.78 is 0. The number of carbonyl (C=O) groups excluding carboxylic acids is 2. The maximum Gasteiger partial charge on any atom is 0.239 e. The van der Waals surface area contributed by atoms with Gasteiger partial charge in [0.15, 0.2) is 6.29 Å². The fourth-order valence-corrected chi connectivity index (χ4v) is 1.95. The minimum Gasteiger partial charge on any atom is -0.362 e. The van der Waals surface area contributed by atoms with Crippen LogP contribution in [0.2, 0.25) is 5.02 Å².